The van der Waals surface area contributed by atoms with Gasteiger partial charge in [-0.3, -0.25) is 4.79 Å². The van der Waals surface area contributed by atoms with Crippen LogP contribution in [-0.2, 0) is 10.3 Å². The van der Waals surface area contributed by atoms with Crippen LogP contribution in [0.15, 0.2) is 24.3 Å². The molecule has 0 saturated carbocycles. The SMILES string of the molecule is COc1ccc(C(C)(N)C(=O)CS)cc1. The van der Waals surface area contributed by atoms with E-state index in [9.17, 15) is 4.79 Å². The second kappa shape index (κ2) is 4.68. The lowest BCUT2D eigenvalue weighted by molar-refractivity contribution is -0.121. The highest BCUT2D eigenvalue weighted by molar-refractivity contribution is 7.81. The molecule has 0 spiro atoms. The summed E-state index contributed by atoms with van der Waals surface area (Å²) in [5.74, 6) is 0.780. The molecule has 0 radical (unpaired) electrons. The highest BCUT2D eigenvalue weighted by Crippen LogP contribution is 2.22. The fourth-order valence-electron chi connectivity index (χ4n) is 1.26. The van der Waals surface area contributed by atoms with Gasteiger partial charge in [-0.25, -0.2) is 0 Å². The zero-order valence-electron chi connectivity index (χ0n) is 8.86. The molecule has 1 aromatic rings. The minimum Gasteiger partial charge on any atom is -0.497 e. The lowest BCUT2D eigenvalue weighted by atomic mass is 9.89. The van der Waals surface area contributed by atoms with E-state index in [1.165, 1.54) is 0 Å². The lowest BCUT2D eigenvalue weighted by Crippen LogP contribution is -2.42. The summed E-state index contributed by atoms with van der Waals surface area (Å²) in [5, 5.41) is 0. The van der Waals surface area contributed by atoms with Crippen molar-refractivity contribution >= 4 is 18.4 Å². The molecule has 0 bridgehead atoms. The molecule has 3 nitrogen and oxygen atoms in total. The Balaban J connectivity index is 3.00. The number of Topliss-reactive ketones (excluding diaryl/α,β-unsaturated/α-hetero) is 1. The molecule has 0 aliphatic carbocycles. The molecule has 0 saturated heterocycles. The van der Waals surface area contributed by atoms with Crippen LogP contribution in [0.3, 0.4) is 0 Å². The third-order valence-corrected chi connectivity index (χ3v) is 2.70. The molecule has 0 aromatic heterocycles. The number of carbonyl (C=O) groups excluding carboxylic acids is 1. The normalized spacial score (nSPS) is 14.4. The third kappa shape index (κ3) is 2.52. The Labute approximate surface area is 95.0 Å². The quantitative estimate of drug-likeness (QED) is 0.761. The van der Waals surface area contributed by atoms with Crippen molar-refractivity contribution in [3.05, 3.63) is 29.8 Å². The van der Waals surface area contributed by atoms with Crippen LogP contribution in [0.25, 0.3) is 0 Å². The van der Waals surface area contributed by atoms with Gasteiger partial charge < -0.3 is 10.5 Å². The van der Waals surface area contributed by atoms with Crippen LogP contribution < -0.4 is 10.5 Å². The number of ether oxygens (including phenoxy) is 1. The second-order valence-electron chi connectivity index (χ2n) is 3.51. The number of hydrogen-bond acceptors (Lipinski definition) is 4. The summed E-state index contributed by atoms with van der Waals surface area (Å²) in [6, 6.07) is 7.15. The van der Waals surface area contributed by atoms with E-state index in [0.717, 1.165) is 11.3 Å². The van der Waals surface area contributed by atoms with E-state index in [2.05, 4.69) is 12.6 Å². The minimum atomic E-state index is -0.978. The first-order valence-corrected chi connectivity index (χ1v) is 5.23. The molecule has 4 heteroatoms. The molecular weight excluding hydrogens is 210 g/mol. The fourth-order valence-corrected chi connectivity index (χ4v) is 1.59. The van der Waals surface area contributed by atoms with Crippen LogP contribution in [-0.4, -0.2) is 18.6 Å². The van der Waals surface area contributed by atoms with Crippen LogP contribution in [0, 0.1) is 0 Å². The van der Waals surface area contributed by atoms with Crippen LogP contribution in [0.5, 0.6) is 5.75 Å². The maximum absolute atomic E-state index is 11.6. The molecule has 0 aliphatic rings. The first-order chi connectivity index (χ1) is 7.02. The number of rotatable bonds is 4. The third-order valence-electron chi connectivity index (χ3n) is 2.41. The predicted octanol–water partition coefficient (Wildman–Crippen LogP) is 1.37. The Hall–Kier alpha value is -1.00. The van der Waals surface area contributed by atoms with E-state index in [0.29, 0.717) is 0 Å². The largest absolute Gasteiger partial charge is 0.497 e. The van der Waals surface area contributed by atoms with Crippen LogP contribution >= 0.6 is 12.6 Å². The van der Waals surface area contributed by atoms with Gasteiger partial charge in [-0.05, 0) is 24.6 Å². The van der Waals surface area contributed by atoms with Crippen molar-refractivity contribution in [1.29, 1.82) is 0 Å². The molecule has 0 amide bonds. The monoisotopic (exact) mass is 225 g/mol. The maximum Gasteiger partial charge on any atom is 0.166 e. The lowest BCUT2D eigenvalue weighted by Gasteiger charge is -2.22. The Morgan fingerprint density at radius 2 is 2.00 bits per heavy atom. The number of ketones is 1. The Bertz CT molecular complexity index is 346. The van der Waals surface area contributed by atoms with Gasteiger partial charge in [-0.2, -0.15) is 12.6 Å². The van der Waals surface area contributed by atoms with Gasteiger partial charge in [0.15, 0.2) is 5.78 Å². The molecule has 82 valence electrons. The molecule has 0 fully saturated rings. The summed E-state index contributed by atoms with van der Waals surface area (Å²) in [7, 11) is 1.59. The van der Waals surface area contributed by atoms with Gasteiger partial charge in [-0.1, -0.05) is 12.1 Å². The van der Waals surface area contributed by atoms with Gasteiger partial charge in [-0.15, -0.1) is 0 Å². The molecule has 15 heavy (non-hydrogen) atoms. The first-order valence-electron chi connectivity index (χ1n) is 4.60. The first kappa shape index (κ1) is 12.1. The summed E-state index contributed by atoms with van der Waals surface area (Å²) in [6.07, 6.45) is 0. The van der Waals surface area contributed by atoms with Gasteiger partial charge >= 0.3 is 0 Å². The summed E-state index contributed by atoms with van der Waals surface area (Å²) in [4.78, 5) is 11.6. The number of benzene rings is 1. The van der Waals surface area contributed by atoms with E-state index in [4.69, 9.17) is 10.5 Å². The zero-order chi connectivity index (χ0) is 11.5. The van der Waals surface area contributed by atoms with Gasteiger partial charge in [0.05, 0.1) is 18.4 Å². The van der Waals surface area contributed by atoms with Crippen molar-refractivity contribution in [2.24, 2.45) is 5.73 Å². The van der Waals surface area contributed by atoms with Crippen LogP contribution in [0.1, 0.15) is 12.5 Å². The number of methoxy groups -OCH3 is 1. The van der Waals surface area contributed by atoms with E-state index in [-0.39, 0.29) is 11.5 Å². The van der Waals surface area contributed by atoms with Gasteiger partial charge in [0.2, 0.25) is 0 Å². The average Bonchev–Trinajstić information content (AvgIpc) is 2.28. The maximum atomic E-state index is 11.6. The van der Waals surface area contributed by atoms with Crippen molar-refractivity contribution in [2.45, 2.75) is 12.5 Å². The Morgan fingerprint density at radius 1 is 1.47 bits per heavy atom. The number of hydrogen-bond donors (Lipinski definition) is 2. The Morgan fingerprint density at radius 3 is 2.40 bits per heavy atom. The van der Waals surface area contributed by atoms with Crippen LogP contribution in [0.4, 0.5) is 0 Å². The minimum absolute atomic E-state index is 0.101. The molecule has 0 heterocycles. The zero-order valence-corrected chi connectivity index (χ0v) is 9.75. The molecule has 1 aromatic carbocycles. The van der Waals surface area contributed by atoms with Crippen molar-refractivity contribution in [2.75, 3.05) is 12.9 Å². The van der Waals surface area contributed by atoms with Gasteiger partial charge in [0.1, 0.15) is 5.75 Å². The summed E-state index contributed by atoms with van der Waals surface area (Å²) in [6.45, 7) is 1.69. The van der Waals surface area contributed by atoms with Crippen molar-refractivity contribution in [3.63, 3.8) is 0 Å². The van der Waals surface area contributed by atoms with Crippen molar-refractivity contribution in [1.82, 2.24) is 0 Å². The second-order valence-corrected chi connectivity index (χ2v) is 3.83. The van der Waals surface area contributed by atoms with Gasteiger partial charge in [0.25, 0.3) is 0 Å². The molecule has 1 atom stereocenters. The van der Waals surface area contributed by atoms with E-state index in [1.807, 2.05) is 0 Å². The number of carbonyl (C=O) groups is 1. The smallest absolute Gasteiger partial charge is 0.166 e. The van der Waals surface area contributed by atoms with E-state index < -0.39 is 5.54 Å². The van der Waals surface area contributed by atoms with Crippen molar-refractivity contribution < 1.29 is 9.53 Å². The number of nitrogens with two attached hydrogens (primary N) is 1. The van der Waals surface area contributed by atoms with Crippen LogP contribution in [0.2, 0.25) is 0 Å². The number of thiol groups is 1. The molecular formula is C11H15NO2S. The standard InChI is InChI=1S/C11H15NO2S/c1-11(12,10(13)7-15)8-3-5-9(14-2)6-4-8/h3-6,15H,7,12H2,1-2H3. The van der Waals surface area contributed by atoms with Gasteiger partial charge in [0, 0.05) is 0 Å². The summed E-state index contributed by atoms with van der Waals surface area (Å²) < 4.78 is 5.03. The Kier molecular flexibility index (Phi) is 3.77. The summed E-state index contributed by atoms with van der Waals surface area (Å²) in [5.41, 5.74) is 5.73. The molecule has 1 unspecified atom stereocenters. The summed E-state index contributed by atoms with van der Waals surface area (Å²) >= 11 is 3.94. The van der Waals surface area contributed by atoms with E-state index in [1.54, 1.807) is 38.3 Å². The highest BCUT2D eigenvalue weighted by Gasteiger charge is 2.28. The van der Waals surface area contributed by atoms with E-state index >= 15 is 0 Å². The van der Waals surface area contributed by atoms with Crippen molar-refractivity contribution in [3.8, 4) is 5.75 Å². The topological polar surface area (TPSA) is 52.3 Å². The average molecular weight is 225 g/mol. The predicted molar refractivity (Wildman–Crippen MR) is 63.4 cm³/mol. The fraction of sp³-hybridized carbons (Fsp3) is 0.364. The highest BCUT2D eigenvalue weighted by atomic mass is 32.1. The molecule has 1 rings (SSSR count). The molecule has 0 aliphatic heterocycles. The molecule has 2 N–H and O–H groups in total.